The minimum atomic E-state index is -1.55. The second kappa shape index (κ2) is 20.1. The lowest BCUT2D eigenvalue weighted by atomic mass is 9.73. The normalized spacial score (nSPS) is 38.6. The number of benzene rings is 1. The van der Waals surface area contributed by atoms with Crippen LogP contribution in [0.1, 0.15) is 99.5 Å². The maximum absolute atomic E-state index is 15.0. The summed E-state index contributed by atoms with van der Waals surface area (Å²) in [4.78, 5) is 60.7. The fourth-order valence-electron chi connectivity index (χ4n) is 10.2. The van der Waals surface area contributed by atoms with Crippen molar-refractivity contribution in [2.75, 3.05) is 33.8 Å². The van der Waals surface area contributed by atoms with E-state index >= 15 is 0 Å². The fourth-order valence-corrected chi connectivity index (χ4v) is 10.2. The SMILES string of the molecule is C=C1CNC(=O)O[C@]2(C)C[C@@H](C)C(=O)[C@H](C)[C@@H]3N(CCCCCc4ccccc4)C(=O)O[C@]3(C)[C@@H](CC)OC(=O)[C@H](C)[C@@H](OC1)[C@H](C)[C@H]2O[C@@H]1O[C@H](C)C[C@H](N(C)C)[C@H]1O. The van der Waals surface area contributed by atoms with Crippen molar-refractivity contribution >= 4 is 23.9 Å². The van der Waals surface area contributed by atoms with E-state index in [2.05, 4.69) is 24.0 Å². The number of fused-ring (bicyclic) bond motifs is 4. The maximum atomic E-state index is 15.0. The zero-order chi connectivity index (χ0) is 44.1. The van der Waals surface area contributed by atoms with Gasteiger partial charge in [0, 0.05) is 36.9 Å². The molecule has 0 radical (unpaired) electrons. The Morgan fingerprint density at radius 2 is 1.68 bits per heavy atom. The van der Waals surface area contributed by atoms with Crippen LogP contribution in [0.25, 0.3) is 0 Å². The van der Waals surface area contributed by atoms with Gasteiger partial charge < -0.3 is 48.6 Å². The van der Waals surface area contributed by atoms with E-state index < -0.39 is 89.8 Å². The average Bonchev–Trinajstić information content (AvgIpc) is 3.45. The highest BCUT2D eigenvalue weighted by Crippen LogP contribution is 2.44. The molecule has 60 heavy (non-hydrogen) atoms. The summed E-state index contributed by atoms with van der Waals surface area (Å²) in [5.74, 6) is -3.92. The number of aryl methyl sites for hydroxylation is 1. The molecule has 336 valence electrons. The van der Waals surface area contributed by atoms with Crippen LogP contribution in [0.2, 0.25) is 0 Å². The monoisotopic (exact) mass is 842 g/mol. The minimum Gasteiger partial charge on any atom is -0.458 e. The third kappa shape index (κ3) is 10.5. The Hall–Kier alpha value is -3.56. The number of nitrogens with one attached hydrogen (secondary N) is 1. The van der Waals surface area contributed by atoms with Gasteiger partial charge in [-0.15, -0.1) is 0 Å². The third-order valence-electron chi connectivity index (χ3n) is 13.4. The Morgan fingerprint density at radius 1 is 0.983 bits per heavy atom. The van der Waals surface area contributed by atoms with Crippen molar-refractivity contribution in [3.8, 4) is 0 Å². The molecule has 2 N–H and O–H groups in total. The van der Waals surface area contributed by atoms with Gasteiger partial charge in [-0.05, 0) is 91.5 Å². The lowest BCUT2D eigenvalue weighted by Crippen LogP contribution is -2.61. The van der Waals surface area contributed by atoms with Crippen LogP contribution in [0.15, 0.2) is 42.5 Å². The molecule has 4 aliphatic rings. The van der Waals surface area contributed by atoms with E-state index in [1.807, 2.05) is 58.0 Å². The van der Waals surface area contributed by atoms with Crippen LogP contribution in [-0.2, 0) is 44.4 Å². The summed E-state index contributed by atoms with van der Waals surface area (Å²) in [5.41, 5.74) is -1.14. The smallest absolute Gasteiger partial charge is 0.410 e. The highest BCUT2D eigenvalue weighted by atomic mass is 16.7. The van der Waals surface area contributed by atoms with Gasteiger partial charge in [-0.3, -0.25) is 9.59 Å². The number of hydrogen-bond donors (Lipinski definition) is 2. The average molecular weight is 842 g/mol. The second-order valence-electron chi connectivity index (χ2n) is 18.5. The summed E-state index contributed by atoms with van der Waals surface area (Å²) in [6, 6.07) is 9.16. The minimum absolute atomic E-state index is 0.0000469. The number of carbonyl (C=O) groups excluding carboxylic acids is 4. The number of unbranched alkanes of at least 4 members (excludes halogenated alkanes) is 2. The Labute approximate surface area is 357 Å². The number of esters is 1. The van der Waals surface area contributed by atoms with Gasteiger partial charge >= 0.3 is 18.2 Å². The molecule has 2 amide bonds. The molecule has 5 rings (SSSR count). The highest BCUT2D eigenvalue weighted by molar-refractivity contribution is 5.85. The standard InChI is InChI=1S/C46H71N3O11/c1-12-35-46(9)39(49(44(54)60-46)22-18-14-17-21-33-19-15-13-16-20-33)30(5)36(50)28(3)24-45(8)40(58-42-37(51)34(48(10)11)23-29(4)56-42)31(6)38(32(7)41(52)57-35)55-26-27(2)25-47-43(53)59-45/h13,15-16,19-20,28-32,34-35,37-40,42,51H,2,12,14,17-18,21-26H2,1,3-11H3,(H,47,53)/t28-,29-,30+,31+,32-,34+,35-,37-,38+,39+,40-,42+,45-,46-/m1/s1. The van der Waals surface area contributed by atoms with Crippen molar-refractivity contribution in [2.24, 2.45) is 23.7 Å². The number of likely N-dealkylation sites (N-methyl/N-ethyl adjacent to an activating group) is 1. The second-order valence-corrected chi connectivity index (χ2v) is 18.5. The molecule has 1 aromatic carbocycles. The predicted octanol–water partition coefficient (Wildman–Crippen LogP) is 6.07. The molecule has 0 spiro atoms. The maximum Gasteiger partial charge on any atom is 0.410 e. The molecule has 1 aromatic rings. The first-order valence-corrected chi connectivity index (χ1v) is 22.0. The molecule has 14 nitrogen and oxygen atoms in total. The van der Waals surface area contributed by atoms with Crippen molar-refractivity contribution in [2.45, 2.75) is 160 Å². The van der Waals surface area contributed by atoms with Crippen LogP contribution in [0.3, 0.4) is 0 Å². The van der Waals surface area contributed by atoms with Gasteiger partial charge in [0.15, 0.2) is 11.9 Å². The van der Waals surface area contributed by atoms with Gasteiger partial charge in [0.05, 0.1) is 30.8 Å². The molecule has 4 saturated heterocycles. The Morgan fingerprint density at radius 3 is 2.35 bits per heavy atom. The highest BCUT2D eigenvalue weighted by Gasteiger charge is 2.60. The summed E-state index contributed by atoms with van der Waals surface area (Å²) in [6.45, 7) is 18.9. The van der Waals surface area contributed by atoms with Gasteiger partial charge in [0.2, 0.25) is 0 Å². The summed E-state index contributed by atoms with van der Waals surface area (Å²) in [6.07, 6.45) is -2.48. The van der Waals surface area contributed by atoms with E-state index in [1.165, 1.54) is 5.56 Å². The van der Waals surface area contributed by atoms with Crippen LogP contribution in [-0.4, -0.2) is 133 Å². The van der Waals surface area contributed by atoms with E-state index in [0.717, 1.165) is 19.3 Å². The number of aliphatic hydroxyl groups is 1. The molecular formula is C46H71N3O11. The van der Waals surface area contributed by atoms with Gasteiger partial charge in [-0.1, -0.05) is 71.0 Å². The Bertz CT molecular complexity index is 1660. The lowest BCUT2D eigenvalue weighted by Gasteiger charge is -2.48. The van der Waals surface area contributed by atoms with Gasteiger partial charge in [-0.2, -0.15) is 0 Å². The topological polar surface area (TPSA) is 162 Å². The number of ketones is 1. The van der Waals surface area contributed by atoms with Crippen LogP contribution in [0, 0.1) is 23.7 Å². The molecule has 14 heteroatoms. The van der Waals surface area contributed by atoms with Crippen molar-refractivity contribution in [3.63, 3.8) is 0 Å². The Balaban J connectivity index is 1.56. The number of nitrogens with zero attached hydrogens (tertiary/aromatic N) is 2. The van der Waals surface area contributed by atoms with E-state index in [9.17, 15) is 24.3 Å². The molecule has 2 bridgehead atoms. The molecular weight excluding hydrogens is 771 g/mol. The lowest BCUT2D eigenvalue weighted by molar-refractivity contribution is -0.299. The van der Waals surface area contributed by atoms with Gasteiger partial charge in [0.1, 0.15) is 29.7 Å². The van der Waals surface area contributed by atoms with Crippen molar-refractivity contribution in [1.82, 2.24) is 15.1 Å². The van der Waals surface area contributed by atoms with Crippen LogP contribution in [0.4, 0.5) is 9.59 Å². The van der Waals surface area contributed by atoms with Crippen molar-refractivity contribution in [1.29, 1.82) is 0 Å². The van der Waals surface area contributed by atoms with Gasteiger partial charge in [-0.25, -0.2) is 9.59 Å². The quantitative estimate of drug-likeness (QED) is 0.121. The third-order valence-corrected chi connectivity index (χ3v) is 13.4. The number of alkyl carbamates (subject to hydrolysis) is 1. The molecule has 4 heterocycles. The van der Waals surface area contributed by atoms with E-state index in [0.29, 0.717) is 31.4 Å². The molecule has 0 aromatic heterocycles. The number of aliphatic hydroxyl groups excluding tert-OH is 1. The number of cyclic esters (lactones) is 1. The zero-order valence-corrected chi connectivity index (χ0v) is 37.5. The molecule has 0 unspecified atom stereocenters. The summed E-state index contributed by atoms with van der Waals surface area (Å²) >= 11 is 0. The summed E-state index contributed by atoms with van der Waals surface area (Å²) < 4.78 is 38.6. The molecule has 0 saturated carbocycles. The van der Waals surface area contributed by atoms with Crippen LogP contribution < -0.4 is 5.32 Å². The van der Waals surface area contributed by atoms with Crippen LogP contribution in [0.5, 0.6) is 0 Å². The number of rotatable bonds is 10. The first-order chi connectivity index (χ1) is 28.3. The summed E-state index contributed by atoms with van der Waals surface area (Å²) in [5, 5.41) is 14.4. The fraction of sp³-hybridized carbons (Fsp3) is 0.739. The number of carbonyl (C=O) groups is 4. The largest absolute Gasteiger partial charge is 0.458 e. The molecule has 0 aliphatic carbocycles. The van der Waals surface area contributed by atoms with E-state index in [4.69, 9.17) is 28.4 Å². The first-order valence-electron chi connectivity index (χ1n) is 22.0. The zero-order valence-electron chi connectivity index (χ0n) is 37.5. The first kappa shape index (κ1) is 47.5. The Kier molecular flexibility index (Phi) is 15.9. The number of Topliss-reactive ketones (excluding diaryl/α,β-unsaturated/α-hetero) is 1. The number of hydrogen-bond acceptors (Lipinski definition) is 12. The van der Waals surface area contributed by atoms with E-state index in [-0.39, 0.29) is 37.5 Å². The molecule has 4 aliphatic heterocycles. The summed E-state index contributed by atoms with van der Waals surface area (Å²) in [7, 11) is 3.76. The predicted molar refractivity (Wildman–Crippen MR) is 225 cm³/mol. The molecule has 4 fully saturated rings. The van der Waals surface area contributed by atoms with E-state index in [1.54, 1.807) is 39.5 Å². The molecule has 14 atom stereocenters. The number of ether oxygens (including phenoxy) is 6. The number of amides is 2. The van der Waals surface area contributed by atoms with Gasteiger partial charge in [0.25, 0.3) is 0 Å². The van der Waals surface area contributed by atoms with Crippen LogP contribution >= 0.6 is 0 Å². The van der Waals surface area contributed by atoms with Crippen molar-refractivity contribution < 1.29 is 52.7 Å². The van der Waals surface area contributed by atoms with Crippen molar-refractivity contribution in [3.05, 3.63) is 48.0 Å².